The summed E-state index contributed by atoms with van der Waals surface area (Å²) in [6.07, 6.45) is 3.19. The summed E-state index contributed by atoms with van der Waals surface area (Å²) >= 11 is 0. The molecule has 144 valence electrons. The van der Waals surface area contributed by atoms with Crippen LogP contribution in [0.25, 0.3) is 16.7 Å². The number of benzene rings is 1. The second kappa shape index (κ2) is 7.75. The van der Waals surface area contributed by atoms with E-state index in [1.54, 1.807) is 25.0 Å². The van der Waals surface area contributed by atoms with Gasteiger partial charge in [0, 0.05) is 18.4 Å². The molecule has 0 amide bonds. The van der Waals surface area contributed by atoms with Crippen LogP contribution in [0.4, 0.5) is 0 Å². The van der Waals surface area contributed by atoms with Gasteiger partial charge in [-0.3, -0.25) is 4.57 Å². The minimum absolute atomic E-state index is 0.198. The number of fused-ring (bicyclic) bond motifs is 3. The predicted octanol–water partition coefficient (Wildman–Crippen LogP) is 1.04. The first-order valence-corrected chi connectivity index (χ1v) is 8.67. The van der Waals surface area contributed by atoms with Gasteiger partial charge in [-0.15, -0.1) is 0 Å². The van der Waals surface area contributed by atoms with Crippen LogP contribution in [-0.2, 0) is 22.6 Å². The summed E-state index contributed by atoms with van der Waals surface area (Å²) in [7, 11) is 3.19. The van der Waals surface area contributed by atoms with Gasteiger partial charge in [-0.25, -0.2) is 14.8 Å². The first-order chi connectivity index (χ1) is 13.7. The molecule has 4 aromatic rings. The number of nitrogens with one attached hydrogen (secondary N) is 1. The molecule has 0 saturated carbocycles. The van der Waals surface area contributed by atoms with Crippen molar-refractivity contribution in [3.05, 3.63) is 64.5 Å². The van der Waals surface area contributed by atoms with Gasteiger partial charge in [-0.2, -0.15) is 0 Å². The number of methoxy groups -OCH3 is 2. The Kier molecular flexibility index (Phi) is 5.00. The van der Waals surface area contributed by atoms with Crippen molar-refractivity contribution in [3.63, 3.8) is 0 Å². The summed E-state index contributed by atoms with van der Waals surface area (Å²) < 4.78 is 18.5. The average molecular weight is 382 g/mol. The van der Waals surface area contributed by atoms with Crippen LogP contribution in [0.5, 0.6) is 5.75 Å². The standard InChI is InChI=1S/C19H19N5O4/c1-26-12-28-10-14-7-16-17(20-8-14)23(19(25)24-18(16)21-11-22-24)9-13-3-5-15(27-2)6-4-13/h3-8,11H,9-10,12H2,1-2H3/p+1. The number of nitrogens with zero attached hydrogens (tertiary/aromatic N) is 4. The highest BCUT2D eigenvalue weighted by molar-refractivity contribution is 5.87. The maximum absolute atomic E-state index is 13.0. The third-order valence-corrected chi connectivity index (χ3v) is 4.40. The van der Waals surface area contributed by atoms with Gasteiger partial charge < -0.3 is 14.2 Å². The molecule has 9 heteroatoms. The van der Waals surface area contributed by atoms with Crippen molar-refractivity contribution in [3.8, 4) is 5.75 Å². The molecule has 0 radical (unpaired) electrons. The van der Waals surface area contributed by atoms with Crippen LogP contribution in [0.3, 0.4) is 0 Å². The van der Waals surface area contributed by atoms with Crippen molar-refractivity contribution in [2.45, 2.75) is 13.2 Å². The lowest BCUT2D eigenvalue weighted by atomic mass is 10.2. The van der Waals surface area contributed by atoms with Crippen molar-refractivity contribution in [2.24, 2.45) is 0 Å². The summed E-state index contributed by atoms with van der Waals surface area (Å²) in [5.74, 6) is 0.761. The van der Waals surface area contributed by atoms with E-state index in [-0.39, 0.29) is 12.5 Å². The van der Waals surface area contributed by atoms with Gasteiger partial charge in [-0.1, -0.05) is 12.1 Å². The zero-order chi connectivity index (χ0) is 19.5. The van der Waals surface area contributed by atoms with Gasteiger partial charge in [0.1, 0.15) is 12.5 Å². The molecular weight excluding hydrogens is 362 g/mol. The van der Waals surface area contributed by atoms with Crippen molar-refractivity contribution in [2.75, 3.05) is 21.0 Å². The summed E-state index contributed by atoms with van der Waals surface area (Å²) in [6.45, 7) is 0.916. The van der Waals surface area contributed by atoms with Gasteiger partial charge in [0.05, 0.1) is 25.6 Å². The number of ether oxygens (including phenoxy) is 3. The Hall–Kier alpha value is -3.30. The maximum atomic E-state index is 13.0. The molecule has 4 rings (SSSR count). The Balaban J connectivity index is 1.81. The maximum Gasteiger partial charge on any atom is 0.425 e. The van der Waals surface area contributed by atoms with E-state index in [2.05, 4.69) is 15.1 Å². The van der Waals surface area contributed by atoms with E-state index in [4.69, 9.17) is 14.2 Å². The Bertz CT molecular complexity index is 1170. The van der Waals surface area contributed by atoms with Crippen molar-refractivity contribution in [1.29, 1.82) is 0 Å². The van der Waals surface area contributed by atoms with Gasteiger partial charge in [-0.05, 0) is 33.8 Å². The molecule has 0 bridgehead atoms. The fourth-order valence-electron chi connectivity index (χ4n) is 3.08. The number of rotatable bonds is 7. The van der Waals surface area contributed by atoms with Gasteiger partial charge in [0.25, 0.3) is 12.0 Å². The van der Waals surface area contributed by atoms with Crippen LogP contribution in [0.1, 0.15) is 11.1 Å². The summed E-state index contributed by atoms with van der Waals surface area (Å²) in [6, 6.07) is 9.51. The second-order valence-electron chi connectivity index (χ2n) is 6.24. The molecule has 28 heavy (non-hydrogen) atoms. The molecule has 0 atom stereocenters. The lowest BCUT2D eigenvalue weighted by molar-refractivity contribution is -0.345. The number of hydrogen-bond acceptors (Lipinski definition) is 6. The van der Waals surface area contributed by atoms with E-state index < -0.39 is 0 Å². The highest BCUT2D eigenvalue weighted by Crippen LogP contribution is 2.18. The fraction of sp³-hybridized carbons (Fsp3) is 0.263. The second-order valence-corrected chi connectivity index (χ2v) is 6.24. The van der Waals surface area contributed by atoms with Crippen LogP contribution in [0, 0.1) is 0 Å². The molecule has 0 fully saturated rings. The first kappa shape index (κ1) is 18.1. The zero-order valence-electron chi connectivity index (χ0n) is 15.6. The number of H-pyrrole nitrogens is 1. The highest BCUT2D eigenvalue weighted by Gasteiger charge is 2.19. The van der Waals surface area contributed by atoms with Crippen LogP contribution in [-0.4, -0.2) is 40.2 Å². The van der Waals surface area contributed by atoms with E-state index in [0.29, 0.717) is 24.4 Å². The normalized spacial score (nSPS) is 11.4. The molecular formula is C19H20N5O4+. The van der Waals surface area contributed by atoms with Gasteiger partial charge in [0.2, 0.25) is 0 Å². The molecule has 1 aromatic carbocycles. The highest BCUT2D eigenvalue weighted by atomic mass is 16.7. The lowest BCUT2D eigenvalue weighted by Crippen LogP contribution is -2.29. The number of aromatic amines is 1. The third-order valence-electron chi connectivity index (χ3n) is 4.40. The first-order valence-electron chi connectivity index (χ1n) is 8.67. The Morgan fingerprint density at radius 1 is 1.14 bits per heavy atom. The zero-order valence-corrected chi connectivity index (χ0v) is 15.6. The molecule has 0 aliphatic heterocycles. The SMILES string of the molecule is COCOCc1cnc2c(c1)c1[nH+]cnn1c(=O)n2Cc1ccc(OC)cc1. The number of aromatic nitrogens is 5. The van der Waals surface area contributed by atoms with E-state index in [9.17, 15) is 4.79 Å². The summed E-state index contributed by atoms with van der Waals surface area (Å²) in [4.78, 5) is 20.5. The predicted molar refractivity (Wildman–Crippen MR) is 100 cm³/mol. The van der Waals surface area contributed by atoms with E-state index in [1.165, 1.54) is 10.8 Å². The van der Waals surface area contributed by atoms with E-state index in [0.717, 1.165) is 22.3 Å². The minimum Gasteiger partial charge on any atom is -0.497 e. The van der Waals surface area contributed by atoms with Crippen molar-refractivity contribution in [1.82, 2.24) is 19.2 Å². The molecule has 0 unspecified atom stereocenters. The fourth-order valence-corrected chi connectivity index (χ4v) is 3.08. The molecule has 1 N–H and O–H groups in total. The van der Waals surface area contributed by atoms with E-state index >= 15 is 0 Å². The Labute approximate surface area is 160 Å². The van der Waals surface area contributed by atoms with Gasteiger partial charge in [0.15, 0.2) is 5.65 Å². The topological polar surface area (TPSA) is 94.0 Å². The summed E-state index contributed by atoms with van der Waals surface area (Å²) in [5, 5.41) is 4.91. The molecule has 0 aliphatic carbocycles. The quantitative estimate of drug-likeness (QED) is 0.350. The smallest absolute Gasteiger partial charge is 0.425 e. The van der Waals surface area contributed by atoms with Crippen molar-refractivity contribution >= 4 is 16.7 Å². The monoisotopic (exact) mass is 382 g/mol. The number of hydrogen-bond donors (Lipinski definition) is 0. The van der Waals surface area contributed by atoms with Crippen LogP contribution in [0.2, 0.25) is 0 Å². The number of pyridine rings is 1. The summed E-state index contributed by atoms with van der Waals surface area (Å²) in [5.41, 5.74) is 2.72. The van der Waals surface area contributed by atoms with Gasteiger partial charge >= 0.3 is 5.69 Å². The van der Waals surface area contributed by atoms with Crippen LogP contribution in [0.15, 0.2) is 47.7 Å². The Morgan fingerprint density at radius 2 is 1.96 bits per heavy atom. The van der Waals surface area contributed by atoms with E-state index in [1.807, 2.05) is 30.3 Å². The molecule has 0 saturated heterocycles. The van der Waals surface area contributed by atoms with Crippen LogP contribution < -0.4 is 15.4 Å². The molecule has 3 aromatic heterocycles. The lowest BCUT2D eigenvalue weighted by Gasteiger charge is -2.10. The van der Waals surface area contributed by atoms with Crippen LogP contribution >= 0.6 is 0 Å². The Morgan fingerprint density at radius 3 is 2.71 bits per heavy atom. The molecule has 3 heterocycles. The third kappa shape index (κ3) is 3.32. The van der Waals surface area contributed by atoms with Crippen molar-refractivity contribution < 1.29 is 19.2 Å². The largest absolute Gasteiger partial charge is 0.497 e. The average Bonchev–Trinajstić information content (AvgIpc) is 3.22. The molecule has 0 aliphatic rings. The molecule has 0 spiro atoms. The minimum atomic E-state index is -0.268. The molecule has 9 nitrogen and oxygen atoms in total.